The smallest absolute Gasteiger partial charge is 0.303 e. The van der Waals surface area contributed by atoms with Crippen LogP contribution in [0.3, 0.4) is 0 Å². The number of nitrogens with zero attached hydrogens (tertiary/aromatic N) is 7. The first-order valence-electron chi connectivity index (χ1n) is 16.9. The number of rotatable bonds is 5. The monoisotopic (exact) mass is 799 g/mol. The van der Waals surface area contributed by atoms with E-state index in [1.165, 1.54) is 31.3 Å². The molecule has 0 amide bonds. The Morgan fingerprint density at radius 1 is 0.774 bits per heavy atom. The van der Waals surface area contributed by atoms with E-state index in [9.17, 15) is 40.4 Å². The summed E-state index contributed by atoms with van der Waals surface area (Å²) in [5, 5.41) is 17.4. The highest BCUT2D eigenvalue weighted by molar-refractivity contribution is 6.83. The maximum atomic E-state index is 13.1. The maximum Gasteiger partial charge on any atom is 0.303 e. The molecule has 0 spiro atoms. The summed E-state index contributed by atoms with van der Waals surface area (Å²) in [7, 11) is -1.33. The first kappa shape index (κ1) is 49.7. The number of piperidine rings is 1. The van der Waals surface area contributed by atoms with Crippen LogP contribution < -0.4 is 0 Å². The Balaban J connectivity index is 0.000000712. The summed E-state index contributed by atoms with van der Waals surface area (Å²) in [5.41, 5.74) is 3.20. The normalized spacial score (nSPS) is 18.4. The molecule has 1 unspecified atom stereocenters. The van der Waals surface area contributed by atoms with Gasteiger partial charge in [0.15, 0.2) is 19.7 Å². The summed E-state index contributed by atoms with van der Waals surface area (Å²) in [4.78, 5) is 15.7. The summed E-state index contributed by atoms with van der Waals surface area (Å²) in [6.45, 7) is 13.1. The maximum absolute atomic E-state index is 13.1. The second-order valence-electron chi connectivity index (χ2n) is 13.7. The Bertz CT molecular complexity index is 1390. The zero-order valence-electron chi connectivity index (χ0n) is 30.8. The summed E-state index contributed by atoms with van der Waals surface area (Å²) >= 11 is 0. The molecule has 53 heavy (non-hydrogen) atoms. The summed E-state index contributed by atoms with van der Waals surface area (Å²) in [5.74, 6) is -12.3. The van der Waals surface area contributed by atoms with Crippen molar-refractivity contribution in [3.63, 3.8) is 0 Å². The standard InChI is InChI=1S/C13H14F4N4.C8H8F2N2.C6H10F2.C4H9NSi.C4H8O.ClH/c1-12(14,15)11-19-7-9(8-20-11)10(6-18)21-4-2-13(16,17)3-5-21;1-3-6-4-11-7(12-5-6)8(2,9)10;7-6(8)4-2-1-3-5-6;1-6(2,3)4-5;1-2-4-5-3-1;/h7-8,10H,2-5H2,1H3;3-5H,1H2,2H3;1-5H2;1-3H3;1-4H2;1H. The second kappa shape index (κ2) is 22.8. The van der Waals surface area contributed by atoms with Gasteiger partial charge in [-0.05, 0) is 25.7 Å². The van der Waals surface area contributed by atoms with Crippen LogP contribution in [0.5, 0.6) is 0 Å². The number of alkyl halides is 8. The Hall–Kier alpha value is -3.25. The van der Waals surface area contributed by atoms with E-state index in [0.29, 0.717) is 30.9 Å². The molecular weight excluding hydrogens is 750 g/mol. The molecule has 18 heteroatoms. The van der Waals surface area contributed by atoms with Crippen LogP contribution in [-0.4, -0.2) is 71.1 Å². The van der Waals surface area contributed by atoms with Crippen LogP contribution in [0.25, 0.3) is 6.08 Å². The van der Waals surface area contributed by atoms with Crippen LogP contribution in [0.4, 0.5) is 35.1 Å². The van der Waals surface area contributed by atoms with E-state index in [1.54, 1.807) is 4.90 Å². The molecular formula is C35H50ClF8N7OSi. The van der Waals surface area contributed by atoms with Crippen molar-refractivity contribution in [3.05, 3.63) is 54.1 Å². The lowest BCUT2D eigenvalue weighted by atomic mass is 9.97. The molecule has 4 heterocycles. The number of hydrogen-bond donors (Lipinski definition) is 0. The van der Waals surface area contributed by atoms with Gasteiger partial charge in [0.1, 0.15) is 6.04 Å². The van der Waals surface area contributed by atoms with Gasteiger partial charge in [-0.1, -0.05) is 38.7 Å². The molecule has 0 aromatic carbocycles. The third kappa shape index (κ3) is 21.3. The van der Waals surface area contributed by atoms with Crippen LogP contribution in [0, 0.1) is 22.3 Å². The molecule has 298 valence electrons. The van der Waals surface area contributed by atoms with Gasteiger partial charge in [-0.3, -0.25) is 4.90 Å². The minimum Gasteiger partial charge on any atom is -0.381 e. The lowest BCUT2D eigenvalue weighted by molar-refractivity contribution is -0.0596. The highest BCUT2D eigenvalue weighted by Gasteiger charge is 2.37. The van der Waals surface area contributed by atoms with Gasteiger partial charge in [0, 0.05) is 107 Å². The van der Waals surface area contributed by atoms with Crippen LogP contribution in [0.1, 0.15) is 100 Å². The molecule has 2 aromatic heterocycles. The summed E-state index contributed by atoms with van der Waals surface area (Å²) in [6.07, 6.45) is 11.0. The predicted molar refractivity (Wildman–Crippen MR) is 192 cm³/mol. The molecule has 1 aliphatic carbocycles. The van der Waals surface area contributed by atoms with E-state index in [2.05, 4.69) is 32.2 Å². The molecule has 0 bridgehead atoms. The second-order valence-corrected chi connectivity index (χ2v) is 18.4. The number of halogens is 9. The molecule has 0 radical (unpaired) electrons. The van der Waals surface area contributed by atoms with Gasteiger partial charge in [0.25, 0.3) is 5.92 Å². The Morgan fingerprint density at radius 3 is 1.45 bits per heavy atom. The molecule has 2 aromatic rings. The lowest BCUT2D eigenvalue weighted by Crippen LogP contribution is -2.41. The highest BCUT2D eigenvalue weighted by Crippen LogP contribution is 2.33. The zero-order valence-corrected chi connectivity index (χ0v) is 32.7. The van der Waals surface area contributed by atoms with Crippen molar-refractivity contribution in [1.82, 2.24) is 24.8 Å². The Labute approximate surface area is 314 Å². The van der Waals surface area contributed by atoms with Gasteiger partial charge in [0.05, 0.1) is 6.07 Å². The summed E-state index contributed by atoms with van der Waals surface area (Å²) in [6, 6.07) is 1.18. The number of aromatic nitrogens is 4. The first-order chi connectivity index (χ1) is 24.0. The van der Waals surface area contributed by atoms with Crippen molar-refractivity contribution in [1.29, 1.82) is 10.5 Å². The molecule has 1 atom stereocenters. The van der Waals surface area contributed by atoms with Crippen LogP contribution in [0.15, 0.2) is 31.4 Å². The van der Waals surface area contributed by atoms with Crippen molar-refractivity contribution < 1.29 is 39.9 Å². The van der Waals surface area contributed by atoms with Gasteiger partial charge in [-0.25, -0.2) is 42.8 Å². The molecule has 2 aliphatic heterocycles. The van der Waals surface area contributed by atoms with Crippen LogP contribution in [-0.2, 0) is 16.6 Å². The molecule has 5 rings (SSSR count). The fraction of sp³-hybridized carbons (Fsp3) is 0.657. The average molecular weight is 800 g/mol. The van der Waals surface area contributed by atoms with E-state index in [0.717, 1.165) is 39.0 Å². The van der Waals surface area contributed by atoms with Crippen molar-refractivity contribution in [2.24, 2.45) is 0 Å². The SMILES string of the molecule is C1CCOC1.C=Cc1cnc(C(C)(F)F)nc1.CC(F)(F)c1ncc(C(C#N)N2CCC(F)(F)CC2)cn1.C[Si](C)(C)C#N.Cl.FC1(F)CCCCC1. The Morgan fingerprint density at radius 2 is 1.17 bits per heavy atom. The largest absolute Gasteiger partial charge is 0.381 e. The van der Waals surface area contributed by atoms with Gasteiger partial charge >= 0.3 is 11.8 Å². The molecule has 3 fully saturated rings. The fourth-order valence-electron chi connectivity index (χ4n) is 4.43. The van der Waals surface area contributed by atoms with E-state index < -0.39 is 49.5 Å². The predicted octanol–water partition coefficient (Wildman–Crippen LogP) is 10.3. The van der Waals surface area contributed by atoms with E-state index in [-0.39, 0.29) is 51.2 Å². The highest BCUT2D eigenvalue weighted by atomic mass is 35.5. The fourth-order valence-corrected chi connectivity index (χ4v) is 4.43. The van der Waals surface area contributed by atoms with E-state index in [1.807, 2.05) is 25.7 Å². The van der Waals surface area contributed by atoms with Crippen LogP contribution in [0.2, 0.25) is 19.6 Å². The third-order valence-electron chi connectivity index (χ3n) is 7.45. The minimum atomic E-state index is -3.16. The van der Waals surface area contributed by atoms with Crippen molar-refractivity contribution in [2.75, 3.05) is 26.3 Å². The van der Waals surface area contributed by atoms with Gasteiger partial charge < -0.3 is 4.74 Å². The van der Waals surface area contributed by atoms with E-state index >= 15 is 0 Å². The molecule has 0 N–H and O–H groups in total. The number of nitriles is 2. The zero-order chi connectivity index (χ0) is 39.6. The lowest BCUT2D eigenvalue weighted by Gasteiger charge is -2.34. The quantitative estimate of drug-likeness (QED) is 0.217. The topological polar surface area (TPSA) is 112 Å². The third-order valence-corrected chi connectivity index (χ3v) is 8.12. The summed E-state index contributed by atoms with van der Waals surface area (Å²) < 4.78 is 107. The number of hydrogen-bond acceptors (Lipinski definition) is 8. The molecule has 1 saturated carbocycles. The van der Waals surface area contributed by atoms with Gasteiger partial charge in [-0.2, -0.15) is 22.8 Å². The number of ether oxygens (including phenoxy) is 1. The molecule has 2 saturated heterocycles. The molecule has 8 nitrogen and oxygen atoms in total. The average Bonchev–Trinajstić information content (AvgIpc) is 3.67. The molecule has 3 aliphatic rings. The van der Waals surface area contributed by atoms with Crippen molar-refractivity contribution in [2.45, 2.75) is 121 Å². The Kier molecular flexibility index (Phi) is 21.4. The van der Waals surface area contributed by atoms with Gasteiger partial charge in [0.2, 0.25) is 5.92 Å². The minimum absolute atomic E-state index is 0. The van der Waals surface area contributed by atoms with E-state index in [4.69, 9.17) is 10.00 Å². The number of likely N-dealkylation sites (tertiary alicyclic amines) is 1. The van der Waals surface area contributed by atoms with Crippen LogP contribution >= 0.6 is 12.4 Å². The first-order valence-corrected chi connectivity index (χ1v) is 20.4. The van der Waals surface area contributed by atoms with Crippen molar-refractivity contribution in [3.8, 4) is 11.8 Å². The van der Waals surface area contributed by atoms with Crippen molar-refractivity contribution >= 4 is 26.6 Å². The van der Waals surface area contributed by atoms with Gasteiger partial charge in [-0.15, -0.1) is 12.4 Å².